The van der Waals surface area contributed by atoms with Gasteiger partial charge >= 0.3 is 0 Å². The molecule has 2 aliphatic heterocycles. The van der Waals surface area contributed by atoms with E-state index < -0.39 is 0 Å². The van der Waals surface area contributed by atoms with E-state index in [1.165, 1.54) is 69.0 Å². The van der Waals surface area contributed by atoms with Crippen molar-refractivity contribution in [3.8, 4) is 5.75 Å². The first kappa shape index (κ1) is 29.4. The Morgan fingerprint density at radius 1 is 1.05 bits per heavy atom. The smallest absolute Gasteiger partial charge is 0.235 e. The molecule has 2 atom stereocenters. The summed E-state index contributed by atoms with van der Waals surface area (Å²) >= 11 is 3.62. The molecule has 0 radical (unpaired) electrons. The fourth-order valence-corrected chi connectivity index (χ4v) is 7.63. The van der Waals surface area contributed by atoms with E-state index in [0.717, 1.165) is 45.8 Å². The summed E-state index contributed by atoms with van der Waals surface area (Å²) in [5, 5.41) is 8.21. The lowest BCUT2D eigenvalue weighted by atomic mass is 9.84. The molecule has 224 valence electrons. The lowest BCUT2D eigenvalue weighted by Gasteiger charge is -2.29. The molecule has 7 nitrogen and oxygen atoms in total. The van der Waals surface area contributed by atoms with Crippen molar-refractivity contribution in [2.45, 2.75) is 89.1 Å². The van der Waals surface area contributed by atoms with E-state index in [4.69, 9.17) is 9.84 Å². The van der Waals surface area contributed by atoms with Gasteiger partial charge in [-0.25, -0.2) is 0 Å². The number of likely N-dealkylation sites (tertiary alicyclic amines) is 1. The first-order valence-electron chi connectivity index (χ1n) is 15.8. The number of piperidine rings is 1. The average molecular weight is 636 g/mol. The van der Waals surface area contributed by atoms with Crippen molar-refractivity contribution in [2.75, 3.05) is 19.6 Å². The number of imide groups is 1. The maximum Gasteiger partial charge on any atom is 0.235 e. The fourth-order valence-electron chi connectivity index (χ4n) is 7.28. The van der Waals surface area contributed by atoms with Crippen LogP contribution in [0.3, 0.4) is 0 Å². The molecular formula is C34H43BrN4O3. The number of carbonyl (C=O) groups is 2. The van der Waals surface area contributed by atoms with Gasteiger partial charge in [0.2, 0.25) is 11.8 Å². The third-order valence-corrected chi connectivity index (χ3v) is 10.7. The highest BCUT2D eigenvalue weighted by molar-refractivity contribution is 9.10. The van der Waals surface area contributed by atoms with Gasteiger partial charge in [-0.05, 0) is 101 Å². The monoisotopic (exact) mass is 634 g/mol. The highest BCUT2D eigenvalue weighted by Gasteiger charge is 2.32. The van der Waals surface area contributed by atoms with Gasteiger partial charge in [0, 0.05) is 35.4 Å². The van der Waals surface area contributed by atoms with Crippen molar-refractivity contribution in [2.24, 2.45) is 13.0 Å². The Morgan fingerprint density at radius 2 is 1.88 bits per heavy atom. The minimum atomic E-state index is -0.358. The molecule has 1 aromatic heterocycles. The molecule has 0 unspecified atom stereocenters. The van der Waals surface area contributed by atoms with Crippen LogP contribution in [0.5, 0.6) is 5.75 Å². The maximum atomic E-state index is 12.5. The van der Waals surface area contributed by atoms with Crippen molar-refractivity contribution in [3.63, 3.8) is 0 Å². The molecular weight excluding hydrogens is 592 g/mol. The number of benzene rings is 2. The molecule has 1 saturated carbocycles. The summed E-state index contributed by atoms with van der Waals surface area (Å²) in [6.07, 6.45) is 11.3. The molecule has 1 N–H and O–H groups in total. The Bertz CT molecular complexity index is 1440. The number of unbranched alkanes of at least 4 members (excludes halogenated alkanes) is 1. The molecule has 2 amide bonds. The number of nitrogens with zero attached hydrogens (tertiary/aromatic N) is 3. The Balaban J connectivity index is 0.942. The van der Waals surface area contributed by atoms with Gasteiger partial charge in [-0.3, -0.25) is 19.6 Å². The van der Waals surface area contributed by atoms with Crippen LogP contribution < -0.4 is 10.1 Å². The SMILES string of the molecule is Cc1c(Br)cccc1O[C@H]1CC[C@H](CCCCN2CC[C@H](c3ccc4c([C@H]5CCC(=O)NC5=O)nn(C)c4c3)C2)CC1. The fraction of sp³-hybridized carbons (Fsp3) is 0.559. The number of carbonyl (C=O) groups excluding carboxylic acids is 2. The van der Waals surface area contributed by atoms with E-state index in [2.05, 4.69) is 69.5 Å². The number of ether oxygens (including phenoxy) is 1. The van der Waals surface area contributed by atoms with Crippen molar-refractivity contribution < 1.29 is 14.3 Å². The minimum Gasteiger partial charge on any atom is -0.490 e. The highest BCUT2D eigenvalue weighted by atomic mass is 79.9. The summed E-state index contributed by atoms with van der Waals surface area (Å²) in [5.74, 6) is 1.63. The molecule has 3 aromatic rings. The van der Waals surface area contributed by atoms with Crippen molar-refractivity contribution in [1.29, 1.82) is 0 Å². The zero-order chi connectivity index (χ0) is 29.2. The number of nitrogens with one attached hydrogen (secondary N) is 1. The molecule has 1 aliphatic carbocycles. The lowest BCUT2D eigenvalue weighted by molar-refractivity contribution is -0.134. The van der Waals surface area contributed by atoms with Crippen LogP contribution in [-0.4, -0.2) is 52.2 Å². The second kappa shape index (κ2) is 12.9. The maximum absolute atomic E-state index is 12.5. The second-order valence-corrected chi connectivity index (χ2v) is 13.5. The summed E-state index contributed by atoms with van der Waals surface area (Å²) in [7, 11) is 1.95. The van der Waals surface area contributed by atoms with Gasteiger partial charge in [-0.2, -0.15) is 5.10 Å². The summed E-state index contributed by atoms with van der Waals surface area (Å²) in [6, 6.07) is 12.9. The predicted octanol–water partition coefficient (Wildman–Crippen LogP) is 6.76. The lowest BCUT2D eigenvalue weighted by Crippen LogP contribution is -2.39. The van der Waals surface area contributed by atoms with Crippen LogP contribution in [0.1, 0.15) is 92.9 Å². The van der Waals surface area contributed by atoms with Gasteiger partial charge in [0.05, 0.1) is 23.2 Å². The van der Waals surface area contributed by atoms with Crippen molar-refractivity contribution in [1.82, 2.24) is 20.0 Å². The Labute approximate surface area is 257 Å². The minimum absolute atomic E-state index is 0.190. The largest absolute Gasteiger partial charge is 0.490 e. The van der Waals surface area contributed by atoms with E-state index >= 15 is 0 Å². The molecule has 2 saturated heterocycles. The first-order chi connectivity index (χ1) is 20.4. The molecule has 8 heteroatoms. The molecule has 6 rings (SSSR count). The van der Waals surface area contributed by atoms with Crippen LogP contribution in [0, 0.1) is 12.8 Å². The van der Waals surface area contributed by atoms with Gasteiger partial charge in [-0.15, -0.1) is 0 Å². The number of aromatic nitrogens is 2. The number of aryl methyl sites for hydroxylation is 1. The molecule has 3 heterocycles. The Kier molecular flexibility index (Phi) is 9.01. The van der Waals surface area contributed by atoms with E-state index in [9.17, 15) is 9.59 Å². The second-order valence-electron chi connectivity index (χ2n) is 12.7. The van der Waals surface area contributed by atoms with Gasteiger partial charge < -0.3 is 9.64 Å². The Hall–Kier alpha value is -2.71. The van der Waals surface area contributed by atoms with Gasteiger partial charge in [0.25, 0.3) is 0 Å². The summed E-state index contributed by atoms with van der Waals surface area (Å²) in [6.45, 7) is 5.58. The quantitative estimate of drug-likeness (QED) is 0.208. The number of halogens is 1. The van der Waals surface area contributed by atoms with Gasteiger partial charge in [0.1, 0.15) is 5.75 Å². The Morgan fingerprint density at radius 3 is 2.69 bits per heavy atom. The molecule has 3 aliphatic rings. The molecule has 0 spiro atoms. The number of hydrogen-bond donors (Lipinski definition) is 1. The normalized spacial score (nSPS) is 25.2. The highest BCUT2D eigenvalue weighted by Crippen LogP contribution is 2.35. The third-order valence-electron chi connectivity index (χ3n) is 9.86. The summed E-state index contributed by atoms with van der Waals surface area (Å²) in [4.78, 5) is 26.7. The number of hydrogen-bond acceptors (Lipinski definition) is 5. The zero-order valence-electron chi connectivity index (χ0n) is 24.9. The van der Waals surface area contributed by atoms with Crippen LogP contribution >= 0.6 is 15.9 Å². The van der Waals surface area contributed by atoms with Gasteiger partial charge in [0.15, 0.2) is 0 Å². The number of rotatable bonds is 9. The topological polar surface area (TPSA) is 76.5 Å². The molecule has 3 fully saturated rings. The molecule has 42 heavy (non-hydrogen) atoms. The van der Waals surface area contributed by atoms with Gasteiger partial charge in [-0.1, -0.05) is 47.0 Å². The predicted molar refractivity (Wildman–Crippen MR) is 169 cm³/mol. The van der Waals surface area contributed by atoms with E-state index in [-0.39, 0.29) is 17.7 Å². The first-order valence-corrected chi connectivity index (χ1v) is 16.6. The van der Waals surface area contributed by atoms with E-state index in [1.54, 1.807) is 0 Å². The summed E-state index contributed by atoms with van der Waals surface area (Å²) < 4.78 is 9.37. The van der Waals surface area contributed by atoms with Crippen LogP contribution in [0.25, 0.3) is 10.9 Å². The van der Waals surface area contributed by atoms with E-state index in [0.29, 0.717) is 24.9 Å². The third kappa shape index (κ3) is 6.45. The van der Waals surface area contributed by atoms with Crippen LogP contribution in [-0.2, 0) is 16.6 Å². The molecule has 0 bridgehead atoms. The standard InChI is InChI=1S/C34H43BrN4O3/c1-22-29(35)7-5-8-31(22)42-26-12-9-23(10-13-26)6-3-4-18-39-19-17-25(21-39)24-11-14-27-30(20-24)38(2)37-33(27)28-15-16-32(40)36-34(28)41/h5,7-8,11,14,20,23,25-26,28H,3-4,6,9-10,12-13,15-19,21H2,1-2H3,(H,36,40,41)/t23-,25-,26-,28+/m0/s1. The number of fused-ring (bicyclic) bond motifs is 1. The average Bonchev–Trinajstić information content (AvgIpc) is 3.59. The summed E-state index contributed by atoms with van der Waals surface area (Å²) in [5.41, 5.74) is 4.41. The zero-order valence-corrected chi connectivity index (χ0v) is 26.5. The number of amides is 2. The van der Waals surface area contributed by atoms with Crippen LogP contribution in [0.4, 0.5) is 0 Å². The van der Waals surface area contributed by atoms with Crippen LogP contribution in [0.15, 0.2) is 40.9 Å². The van der Waals surface area contributed by atoms with Crippen molar-refractivity contribution in [3.05, 3.63) is 57.7 Å². The molecule has 2 aromatic carbocycles. The van der Waals surface area contributed by atoms with E-state index in [1.807, 2.05) is 11.7 Å². The van der Waals surface area contributed by atoms with Crippen LogP contribution in [0.2, 0.25) is 0 Å². The van der Waals surface area contributed by atoms with Crippen molar-refractivity contribution >= 4 is 38.6 Å².